The molecule has 0 aromatic heterocycles. The van der Waals surface area contributed by atoms with Crippen molar-refractivity contribution in [2.24, 2.45) is 17.3 Å². The SMILES string of the molecule is COc1ccc(CO[C@@H](C[C@@H](C)C[C@H](OC(=O)OCC(Cl)(Cl)Cl)[C@H](C)C(=O)OCc2ccccc2)C(C)(C)C)cc1. The lowest BCUT2D eigenvalue weighted by molar-refractivity contribution is -0.154. The maximum absolute atomic E-state index is 13.0. The van der Waals surface area contributed by atoms with Gasteiger partial charge in [-0.25, -0.2) is 4.79 Å². The predicted octanol–water partition coefficient (Wildman–Crippen LogP) is 8.31. The normalized spacial score (nSPS) is 14.9. The molecule has 2 aromatic rings. The van der Waals surface area contributed by atoms with Crippen LogP contribution in [0.15, 0.2) is 54.6 Å². The van der Waals surface area contributed by atoms with E-state index in [1.807, 2.05) is 61.5 Å². The maximum Gasteiger partial charge on any atom is 0.508 e. The number of methoxy groups -OCH3 is 1. The van der Waals surface area contributed by atoms with Crippen molar-refractivity contribution in [3.05, 3.63) is 65.7 Å². The molecule has 0 N–H and O–H groups in total. The fourth-order valence-electron chi connectivity index (χ4n) is 4.11. The Balaban J connectivity index is 2.09. The fraction of sp³-hybridized carbons (Fsp3) is 0.548. The van der Waals surface area contributed by atoms with E-state index in [0.29, 0.717) is 19.4 Å². The zero-order valence-electron chi connectivity index (χ0n) is 24.5. The third-order valence-electron chi connectivity index (χ3n) is 6.58. The number of carbonyl (C=O) groups is 2. The second kappa shape index (κ2) is 16.4. The number of hydrogen-bond donors (Lipinski definition) is 0. The molecule has 0 fully saturated rings. The van der Waals surface area contributed by atoms with Crippen LogP contribution in [0, 0.1) is 17.3 Å². The fourth-order valence-corrected chi connectivity index (χ4v) is 4.28. The van der Waals surface area contributed by atoms with E-state index in [0.717, 1.165) is 16.9 Å². The highest BCUT2D eigenvalue weighted by Gasteiger charge is 2.34. The number of alkyl halides is 3. The highest BCUT2D eigenvalue weighted by Crippen LogP contribution is 2.32. The molecule has 228 valence electrons. The molecule has 0 unspecified atom stereocenters. The summed E-state index contributed by atoms with van der Waals surface area (Å²) in [6.45, 7) is 10.1. The highest BCUT2D eigenvalue weighted by molar-refractivity contribution is 6.67. The molecule has 10 heteroatoms. The maximum atomic E-state index is 13.0. The van der Waals surface area contributed by atoms with Gasteiger partial charge in [-0.2, -0.15) is 0 Å². The Morgan fingerprint density at radius 3 is 2.00 bits per heavy atom. The third kappa shape index (κ3) is 13.6. The van der Waals surface area contributed by atoms with Gasteiger partial charge in [0.05, 0.1) is 25.7 Å². The van der Waals surface area contributed by atoms with Crippen molar-refractivity contribution >= 4 is 46.9 Å². The molecule has 4 atom stereocenters. The first-order valence-electron chi connectivity index (χ1n) is 13.5. The Hall–Kier alpha value is -2.19. The summed E-state index contributed by atoms with van der Waals surface area (Å²) in [4.78, 5) is 25.4. The molecule has 0 heterocycles. The van der Waals surface area contributed by atoms with Crippen molar-refractivity contribution < 1.29 is 33.3 Å². The van der Waals surface area contributed by atoms with E-state index >= 15 is 0 Å². The van der Waals surface area contributed by atoms with E-state index in [4.69, 9.17) is 58.5 Å². The number of esters is 1. The number of ether oxygens (including phenoxy) is 5. The molecule has 0 aliphatic carbocycles. The Bertz CT molecular complexity index is 1070. The standard InChI is InChI=1S/C31H41Cl3O7/c1-21(17-27(30(3,4)5)38-18-24-12-14-25(37-6)15-13-24)16-26(41-29(36)40-20-31(32,33)34)22(2)28(35)39-19-23-10-8-7-9-11-23/h7-15,21-22,26-27H,16-20H2,1-6H3/t21-,22-,26-,27-/m0/s1. The van der Waals surface area contributed by atoms with E-state index in [9.17, 15) is 9.59 Å². The van der Waals surface area contributed by atoms with Crippen molar-refractivity contribution in [1.29, 1.82) is 0 Å². The lowest BCUT2D eigenvalue weighted by Gasteiger charge is -2.34. The Kier molecular flexibility index (Phi) is 14.0. The minimum Gasteiger partial charge on any atom is -0.497 e. The Morgan fingerprint density at radius 2 is 1.44 bits per heavy atom. The predicted molar refractivity (Wildman–Crippen MR) is 161 cm³/mol. The van der Waals surface area contributed by atoms with Gasteiger partial charge < -0.3 is 23.7 Å². The van der Waals surface area contributed by atoms with Crippen LogP contribution in [0.1, 0.15) is 58.6 Å². The first-order chi connectivity index (χ1) is 19.2. The molecule has 7 nitrogen and oxygen atoms in total. The number of hydrogen-bond acceptors (Lipinski definition) is 7. The molecule has 0 spiro atoms. The monoisotopic (exact) mass is 630 g/mol. The van der Waals surface area contributed by atoms with E-state index in [-0.39, 0.29) is 24.0 Å². The van der Waals surface area contributed by atoms with Crippen LogP contribution in [0.2, 0.25) is 0 Å². The second-order valence-electron chi connectivity index (χ2n) is 11.3. The minimum absolute atomic E-state index is 0.00503. The lowest BCUT2D eigenvalue weighted by atomic mass is 9.81. The van der Waals surface area contributed by atoms with Crippen LogP contribution in [0.3, 0.4) is 0 Å². The summed E-state index contributed by atoms with van der Waals surface area (Å²) in [5, 5.41) is 0. The molecule has 0 amide bonds. The zero-order chi connectivity index (χ0) is 30.6. The Labute approximate surface area is 258 Å². The van der Waals surface area contributed by atoms with Crippen LogP contribution in [0.25, 0.3) is 0 Å². The molecule has 2 rings (SSSR count). The number of rotatable bonds is 14. The average molecular weight is 632 g/mol. The van der Waals surface area contributed by atoms with Gasteiger partial charge >= 0.3 is 12.1 Å². The Morgan fingerprint density at radius 1 is 0.829 bits per heavy atom. The topological polar surface area (TPSA) is 80.3 Å². The van der Waals surface area contributed by atoms with E-state index in [1.165, 1.54) is 0 Å². The van der Waals surface area contributed by atoms with Crippen LogP contribution in [-0.4, -0.2) is 41.8 Å². The first-order valence-corrected chi connectivity index (χ1v) is 14.7. The number of halogens is 3. The van der Waals surface area contributed by atoms with Gasteiger partial charge in [-0.15, -0.1) is 0 Å². The van der Waals surface area contributed by atoms with Gasteiger partial charge in [-0.3, -0.25) is 4.79 Å². The molecule has 0 aliphatic heterocycles. The van der Waals surface area contributed by atoms with Crippen molar-refractivity contribution in [2.45, 2.75) is 76.7 Å². The van der Waals surface area contributed by atoms with E-state index < -0.39 is 34.5 Å². The molecule has 2 aromatic carbocycles. The average Bonchev–Trinajstić information content (AvgIpc) is 2.92. The summed E-state index contributed by atoms with van der Waals surface area (Å²) in [5.74, 6) is -0.479. The van der Waals surface area contributed by atoms with Gasteiger partial charge in [0.25, 0.3) is 0 Å². The lowest BCUT2D eigenvalue weighted by Crippen LogP contribution is -2.36. The summed E-state index contributed by atoms with van der Waals surface area (Å²) < 4.78 is 25.9. The van der Waals surface area contributed by atoms with Crippen LogP contribution in [-0.2, 0) is 37.0 Å². The molecule has 0 saturated carbocycles. The molecule has 0 aliphatic rings. The van der Waals surface area contributed by atoms with Gasteiger partial charge in [0.15, 0.2) is 0 Å². The largest absolute Gasteiger partial charge is 0.508 e. The zero-order valence-corrected chi connectivity index (χ0v) is 26.8. The minimum atomic E-state index is -1.79. The van der Waals surface area contributed by atoms with Crippen LogP contribution in [0.5, 0.6) is 5.75 Å². The van der Waals surface area contributed by atoms with Crippen molar-refractivity contribution in [1.82, 2.24) is 0 Å². The van der Waals surface area contributed by atoms with Gasteiger partial charge in [-0.05, 0) is 54.4 Å². The summed E-state index contributed by atoms with van der Waals surface area (Å²) in [6.07, 6.45) is -0.952. The quantitative estimate of drug-likeness (QED) is 0.153. The molecule has 0 bridgehead atoms. The molecular formula is C31H41Cl3O7. The van der Waals surface area contributed by atoms with Crippen molar-refractivity contribution in [3.8, 4) is 5.75 Å². The molecule has 41 heavy (non-hydrogen) atoms. The van der Waals surface area contributed by atoms with Crippen LogP contribution < -0.4 is 4.74 Å². The van der Waals surface area contributed by atoms with Crippen LogP contribution >= 0.6 is 34.8 Å². The van der Waals surface area contributed by atoms with E-state index in [2.05, 4.69) is 20.8 Å². The summed E-state index contributed by atoms with van der Waals surface area (Å²) >= 11 is 17.1. The van der Waals surface area contributed by atoms with Crippen LogP contribution in [0.4, 0.5) is 4.79 Å². The third-order valence-corrected chi connectivity index (χ3v) is 6.91. The smallest absolute Gasteiger partial charge is 0.497 e. The highest BCUT2D eigenvalue weighted by atomic mass is 35.6. The second-order valence-corrected chi connectivity index (χ2v) is 13.8. The van der Waals surface area contributed by atoms with Gasteiger partial charge in [0.1, 0.15) is 25.1 Å². The van der Waals surface area contributed by atoms with Crippen molar-refractivity contribution in [3.63, 3.8) is 0 Å². The molecular weight excluding hydrogens is 591 g/mol. The van der Waals surface area contributed by atoms with Gasteiger partial charge in [0.2, 0.25) is 3.79 Å². The summed E-state index contributed by atoms with van der Waals surface area (Å²) in [7, 11) is 1.63. The van der Waals surface area contributed by atoms with Gasteiger partial charge in [-0.1, -0.05) is 105 Å². The van der Waals surface area contributed by atoms with E-state index in [1.54, 1.807) is 14.0 Å². The van der Waals surface area contributed by atoms with Gasteiger partial charge in [0, 0.05) is 0 Å². The number of carbonyl (C=O) groups excluding carboxylic acids is 2. The van der Waals surface area contributed by atoms with Crippen molar-refractivity contribution in [2.75, 3.05) is 13.7 Å². The summed E-state index contributed by atoms with van der Waals surface area (Å²) in [5.41, 5.74) is 1.71. The number of benzene rings is 2. The summed E-state index contributed by atoms with van der Waals surface area (Å²) in [6, 6.07) is 17.1. The molecule has 0 radical (unpaired) electrons. The molecule has 0 saturated heterocycles. The first kappa shape index (κ1) is 35.0.